The molecular weight excluding hydrogens is 362 g/mol. The average Bonchev–Trinajstić information content (AvgIpc) is 2.92. The fourth-order valence-corrected chi connectivity index (χ4v) is 2.46. The number of rotatable bonds is 6. The lowest BCUT2D eigenvalue weighted by Gasteiger charge is -2.12. The number of aryl methyl sites for hydroxylation is 2. The lowest BCUT2D eigenvalue weighted by molar-refractivity contribution is -0.148. The minimum atomic E-state index is -0.974. The summed E-state index contributed by atoms with van der Waals surface area (Å²) in [4.78, 5) is 35.6. The van der Waals surface area contributed by atoms with Gasteiger partial charge in [-0.25, -0.2) is 9.59 Å². The van der Waals surface area contributed by atoms with Gasteiger partial charge in [0.15, 0.2) is 6.10 Å². The molecule has 1 aromatic carbocycles. The Kier molecular flexibility index (Phi) is 6.70. The minimum absolute atomic E-state index is 0.411. The summed E-state index contributed by atoms with van der Waals surface area (Å²) < 4.78 is 11.4. The molecular formula is C20H23N3O5. The summed E-state index contributed by atoms with van der Waals surface area (Å²) in [6, 6.07) is 6.51. The molecule has 28 heavy (non-hydrogen) atoms. The molecule has 1 aromatic heterocycles. The standard InChI is InChI=1S/C20H23N3O5/c1-12-18(13(2)23(4)22-12)21-19(25)14(3)28-17(24)11-8-15-6-9-16(10-7-15)20(26)27-5/h6-11,14H,1-5H3,(H,21,25)/b11-8+/t14-/m1/s1. The van der Waals surface area contributed by atoms with Crippen LogP contribution in [0.1, 0.15) is 34.2 Å². The molecule has 1 heterocycles. The van der Waals surface area contributed by atoms with E-state index in [1.165, 1.54) is 26.2 Å². The van der Waals surface area contributed by atoms with E-state index in [0.717, 1.165) is 5.69 Å². The van der Waals surface area contributed by atoms with E-state index in [4.69, 9.17) is 4.74 Å². The van der Waals surface area contributed by atoms with Crippen molar-refractivity contribution in [1.29, 1.82) is 0 Å². The zero-order valence-corrected chi connectivity index (χ0v) is 16.5. The molecule has 0 bridgehead atoms. The first kappa shape index (κ1) is 20.9. The van der Waals surface area contributed by atoms with E-state index >= 15 is 0 Å². The van der Waals surface area contributed by atoms with Gasteiger partial charge in [-0.3, -0.25) is 9.48 Å². The van der Waals surface area contributed by atoms with Crippen molar-refractivity contribution in [2.45, 2.75) is 26.9 Å². The topological polar surface area (TPSA) is 99.5 Å². The van der Waals surface area contributed by atoms with Crippen molar-refractivity contribution >= 4 is 29.6 Å². The van der Waals surface area contributed by atoms with Crippen molar-refractivity contribution in [3.8, 4) is 0 Å². The van der Waals surface area contributed by atoms with Gasteiger partial charge in [0.2, 0.25) is 0 Å². The Morgan fingerprint density at radius 1 is 1.18 bits per heavy atom. The number of hydrogen-bond acceptors (Lipinski definition) is 6. The van der Waals surface area contributed by atoms with Gasteiger partial charge < -0.3 is 14.8 Å². The van der Waals surface area contributed by atoms with Gasteiger partial charge >= 0.3 is 11.9 Å². The van der Waals surface area contributed by atoms with Crippen LogP contribution in [0.2, 0.25) is 0 Å². The van der Waals surface area contributed by atoms with Crippen LogP contribution in [-0.2, 0) is 26.1 Å². The first-order valence-electron chi connectivity index (χ1n) is 8.61. The normalized spacial score (nSPS) is 11.9. The third-order valence-corrected chi connectivity index (χ3v) is 4.16. The van der Waals surface area contributed by atoms with Crippen molar-refractivity contribution in [3.63, 3.8) is 0 Å². The Hall–Kier alpha value is -3.42. The monoisotopic (exact) mass is 385 g/mol. The van der Waals surface area contributed by atoms with Gasteiger partial charge in [0.25, 0.3) is 5.91 Å². The number of amides is 1. The largest absolute Gasteiger partial charge is 0.465 e. The third-order valence-electron chi connectivity index (χ3n) is 4.16. The van der Waals surface area contributed by atoms with Crippen molar-refractivity contribution in [2.24, 2.45) is 7.05 Å². The Labute approximate surface area is 163 Å². The van der Waals surface area contributed by atoms with Crippen LogP contribution in [0.3, 0.4) is 0 Å². The highest BCUT2D eigenvalue weighted by atomic mass is 16.5. The zero-order chi connectivity index (χ0) is 20.8. The molecule has 0 aliphatic rings. The lowest BCUT2D eigenvalue weighted by Crippen LogP contribution is -2.29. The van der Waals surface area contributed by atoms with Crippen molar-refractivity contribution in [3.05, 3.63) is 52.9 Å². The smallest absolute Gasteiger partial charge is 0.337 e. The van der Waals surface area contributed by atoms with E-state index in [-0.39, 0.29) is 0 Å². The summed E-state index contributed by atoms with van der Waals surface area (Å²) in [7, 11) is 3.09. The predicted molar refractivity (Wildman–Crippen MR) is 104 cm³/mol. The zero-order valence-electron chi connectivity index (χ0n) is 16.5. The molecule has 0 radical (unpaired) electrons. The van der Waals surface area contributed by atoms with Crippen molar-refractivity contribution in [1.82, 2.24) is 9.78 Å². The second-order valence-corrected chi connectivity index (χ2v) is 6.18. The number of nitrogens with one attached hydrogen (secondary N) is 1. The molecule has 148 valence electrons. The van der Waals surface area contributed by atoms with Gasteiger partial charge in [0, 0.05) is 13.1 Å². The molecule has 0 spiro atoms. The van der Waals surface area contributed by atoms with Crippen molar-refractivity contribution < 1.29 is 23.9 Å². The minimum Gasteiger partial charge on any atom is -0.465 e. The number of carbonyl (C=O) groups excluding carboxylic acids is 3. The van der Waals surface area contributed by atoms with Crippen LogP contribution in [0.5, 0.6) is 0 Å². The first-order chi connectivity index (χ1) is 13.2. The molecule has 0 saturated carbocycles. The molecule has 1 amide bonds. The van der Waals surface area contributed by atoms with Crippen LogP contribution in [0.4, 0.5) is 5.69 Å². The molecule has 1 atom stereocenters. The fourth-order valence-electron chi connectivity index (χ4n) is 2.46. The molecule has 8 nitrogen and oxygen atoms in total. The molecule has 0 aliphatic heterocycles. The van der Waals surface area contributed by atoms with Gasteiger partial charge in [-0.1, -0.05) is 12.1 Å². The maximum Gasteiger partial charge on any atom is 0.337 e. The molecule has 8 heteroatoms. The van der Waals surface area contributed by atoms with Gasteiger partial charge in [-0.2, -0.15) is 5.10 Å². The number of nitrogens with zero attached hydrogens (tertiary/aromatic N) is 2. The predicted octanol–water partition coefficient (Wildman–Crippen LogP) is 2.41. The van der Waals surface area contributed by atoms with Crippen LogP contribution in [0.15, 0.2) is 30.3 Å². The number of carbonyl (C=O) groups is 3. The van der Waals surface area contributed by atoms with Crippen LogP contribution in [0, 0.1) is 13.8 Å². The highest BCUT2D eigenvalue weighted by molar-refractivity contribution is 5.97. The number of hydrogen-bond donors (Lipinski definition) is 1. The van der Waals surface area contributed by atoms with Gasteiger partial charge in [0.1, 0.15) is 0 Å². The maximum atomic E-state index is 12.3. The van der Waals surface area contributed by atoms with E-state index < -0.39 is 23.9 Å². The molecule has 0 aliphatic carbocycles. The highest BCUT2D eigenvalue weighted by Gasteiger charge is 2.20. The van der Waals surface area contributed by atoms with Crippen LogP contribution >= 0.6 is 0 Å². The van der Waals surface area contributed by atoms with Crippen LogP contribution < -0.4 is 5.32 Å². The number of esters is 2. The first-order valence-corrected chi connectivity index (χ1v) is 8.61. The van der Waals surface area contributed by atoms with Crippen molar-refractivity contribution in [2.75, 3.05) is 12.4 Å². The molecule has 0 unspecified atom stereocenters. The van der Waals surface area contributed by atoms with Gasteiger partial charge in [0.05, 0.1) is 29.7 Å². The summed E-state index contributed by atoms with van der Waals surface area (Å²) >= 11 is 0. The van der Waals surface area contributed by atoms with E-state index in [0.29, 0.717) is 22.5 Å². The Balaban J connectivity index is 1.93. The third kappa shape index (κ3) is 5.06. The lowest BCUT2D eigenvalue weighted by atomic mass is 10.1. The van der Waals surface area contributed by atoms with E-state index in [2.05, 4.69) is 15.2 Å². The number of methoxy groups -OCH3 is 1. The Morgan fingerprint density at radius 2 is 1.82 bits per heavy atom. The second-order valence-electron chi connectivity index (χ2n) is 6.18. The Morgan fingerprint density at radius 3 is 2.36 bits per heavy atom. The summed E-state index contributed by atoms with van der Waals surface area (Å²) in [6.07, 6.45) is 1.78. The maximum absolute atomic E-state index is 12.3. The molecule has 1 N–H and O–H groups in total. The molecule has 2 rings (SSSR count). The second kappa shape index (κ2) is 8.98. The molecule has 2 aromatic rings. The summed E-state index contributed by atoms with van der Waals surface area (Å²) in [5.41, 5.74) is 3.20. The number of benzene rings is 1. The van der Waals surface area contributed by atoms with E-state index in [1.54, 1.807) is 42.9 Å². The van der Waals surface area contributed by atoms with Gasteiger partial charge in [-0.15, -0.1) is 0 Å². The summed E-state index contributed by atoms with van der Waals surface area (Å²) in [5.74, 6) is -1.53. The number of aromatic nitrogens is 2. The Bertz CT molecular complexity index is 913. The number of ether oxygens (including phenoxy) is 2. The van der Waals surface area contributed by atoms with Crippen LogP contribution in [-0.4, -0.2) is 40.8 Å². The number of anilines is 1. The molecule has 0 fully saturated rings. The molecule has 0 saturated heterocycles. The van der Waals surface area contributed by atoms with Gasteiger partial charge in [-0.05, 0) is 44.5 Å². The SMILES string of the molecule is COC(=O)c1ccc(/C=C/C(=O)O[C@H](C)C(=O)Nc2c(C)nn(C)c2C)cc1. The van der Waals surface area contributed by atoms with Crippen LogP contribution in [0.25, 0.3) is 6.08 Å². The summed E-state index contributed by atoms with van der Waals surface area (Å²) in [5, 5.41) is 6.96. The highest BCUT2D eigenvalue weighted by Crippen LogP contribution is 2.18. The average molecular weight is 385 g/mol. The van der Waals surface area contributed by atoms with E-state index in [1.807, 2.05) is 6.92 Å². The van der Waals surface area contributed by atoms with E-state index in [9.17, 15) is 14.4 Å². The fraction of sp³-hybridized carbons (Fsp3) is 0.300. The quantitative estimate of drug-likeness (QED) is 0.605. The summed E-state index contributed by atoms with van der Waals surface area (Å²) in [6.45, 7) is 5.11.